The van der Waals surface area contributed by atoms with Gasteiger partial charge in [-0.25, -0.2) is 14.8 Å². The Balaban J connectivity index is 1.58. The minimum absolute atomic E-state index is 0.100. The van der Waals surface area contributed by atoms with E-state index in [1.54, 1.807) is 0 Å². The van der Waals surface area contributed by atoms with E-state index < -0.39 is 5.97 Å². The molecule has 2 heterocycles. The number of rotatable bonds is 8. The first kappa shape index (κ1) is 21.7. The number of unbranched alkanes of at least 4 members (excludes halogenated alkanes) is 1. The summed E-state index contributed by atoms with van der Waals surface area (Å²) >= 11 is 1.48. The molecule has 0 unspecified atom stereocenters. The minimum Gasteiger partial charge on any atom is -0.468 e. The lowest BCUT2D eigenvalue weighted by Crippen LogP contribution is -2.18. The van der Waals surface area contributed by atoms with Crippen LogP contribution in [0.1, 0.15) is 30.9 Å². The summed E-state index contributed by atoms with van der Waals surface area (Å²) in [6.45, 7) is 10.7. The minimum atomic E-state index is -0.683. The van der Waals surface area contributed by atoms with Gasteiger partial charge in [0.05, 0.1) is 29.1 Å². The Labute approximate surface area is 190 Å². The lowest BCUT2D eigenvalue weighted by atomic mass is 10.1. The molecule has 0 aliphatic carbocycles. The van der Waals surface area contributed by atoms with E-state index in [0.717, 1.165) is 34.2 Å². The number of ether oxygens (including phenoxy) is 2. The van der Waals surface area contributed by atoms with Crippen LogP contribution in [0.3, 0.4) is 0 Å². The first-order valence-corrected chi connectivity index (χ1v) is 11.2. The van der Waals surface area contributed by atoms with Gasteiger partial charge in [0.2, 0.25) is 5.13 Å². The third-order valence-electron chi connectivity index (χ3n) is 4.83. The molecule has 2 aromatic carbocycles. The fraction of sp³-hybridized carbons (Fsp3) is 0.250. The largest absolute Gasteiger partial charge is 0.468 e. The highest BCUT2D eigenvalue weighted by Crippen LogP contribution is 2.32. The number of amidine groups is 1. The van der Waals surface area contributed by atoms with E-state index in [0.29, 0.717) is 29.9 Å². The number of carbonyl (C=O) groups is 1. The van der Waals surface area contributed by atoms with Crippen molar-refractivity contribution in [3.8, 4) is 0 Å². The van der Waals surface area contributed by atoms with Gasteiger partial charge in [0, 0.05) is 12.2 Å². The van der Waals surface area contributed by atoms with Gasteiger partial charge in [-0.2, -0.15) is 0 Å². The zero-order valence-electron chi connectivity index (χ0n) is 17.6. The predicted molar refractivity (Wildman–Crippen MR) is 126 cm³/mol. The summed E-state index contributed by atoms with van der Waals surface area (Å²) in [5.74, 6) is -0.135. The summed E-state index contributed by atoms with van der Waals surface area (Å²) in [4.78, 5) is 25.3. The van der Waals surface area contributed by atoms with E-state index >= 15 is 0 Å². The number of para-hydroxylation sites is 1. The highest BCUT2D eigenvalue weighted by molar-refractivity contribution is 7.22. The average Bonchev–Trinajstić information content (AvgIpc) is 3.38. The molecule has 1 aromatic heterocycles. The molecular formula is C24H22N4O3S. The number of hydrogen-bond donors (Lipinski definition) is 1. The molecule has 0 atom stereocenters. The number of benzene rings is 2. The number of nitrogens with zero attached hydrogens (tertiary/aromatic N) is 3. The first-order valence-electron chi connectivity index (χ1n) is 10.4. The van der Waals surface area contributed by atoms with Gasteiger partial charge in [0.15, 0.2) is 0 Å². The monoisotopic (exact) mass is 446 g/mol. The van der Waals surface area contributed by atoms with Crippen LogP contribution in [0.15, 0.2) is 59.2 Å². The van der Waals surface area contributed by atoms with Gasteiger partial charge in [-0.15, -0.1) is 0 Å². The molecule has 0 radical (unpaired) electrons. The highest BCUT2D eigenvalue weighted by Gasteiger charge is 2.28. The van der Waals surface area contributed by atoms with Crippen LogP contribution in [-0.2, 0) is 14.3 Å². The summed E-state index contributed by atoms with van der Waals surface area (Å²) in [6.07, 6.45) is 2.00. The molecule has 0 bridgehead atoms. The molecule has 0 fully saturated rings. The summed E-state index contributed by atoms with van der Waals surface area (Å²) in [5.41, 5.74) is 2.70. The lowest BCUT2D eigenvalue weighted by molar-refractivity contribution is -0.140. The second-order valence-electron chi connectivity index (χ2n) is 7.03. The van der Waals surface area contributed by atoms with Crippen molar-refractivity contribution in [1.82, 2.24) is 10.3 Å². The maximum absolute atomic E-state index is 12.6. The van der Waals surface area contributed by atoms with Crippen LogP contribution < -0.4 is 5.32 Å². The SMILES string of the molecule is [C-]#[N+]/C(C(=O)OCCOCCCC)=C1/NC(=Nc2nc3ccccc3s2)c2ccccc21. The first-order chi connectivity index (χ1) is 15.7. The molecule has 4 rings (SSSR count). The third kappa shape index (κ3) is 4.69. The highest BCUT2D eigenvalue weighted by atomic mass is 32.1. The van der Waals surface area contributed by atoms with Crippen LogP contribution in [0.25, 0.3) is 20.8 Å². The number of fused-ring (bicyclic) bond motifs is 2. The number of thiazole rings is 1. The molecular weight excluding hydrogens is 424 g/mol. The van der Waals surface area contributed by atoms with E-state index in [2.05, 4.69) is 27.1 Å². The number of aromatic nitrogens is 1. The topological polar surface area (TPSA) is 77.2 Å². The molecule has 32 heavy (non-hydrogen) atoms. The molecule has 8 heteroatoms. The van der Waals surface area contributed by atoms with Crippen molar-refractivity contribution >= 4 is 44.2 Å². The number of esters is 1. The average molecular weight is 447 g/mol. The van der Waals surface area contributed by atoms with Crippen LogP contribution in [0.2, 0.25) is 0 Å². The van der Waals surface area contributed by atoms with Crippen LogP contribution in [0.4, 0.5) is 5.13 Å². The number of hydrogen-bond acceptors (Lipinski definition) is 6. The Morgan fingerprint density at radius 3 is 2.69 bits per heavy atom. The van der Waals surface area contributed by atoms with E-state index in [-0.39, 0.29) is 12.3 Å². The lowest BCUT2D eigenvalue weighted by Gasteiger charge is -2.08. The molecule has 1 aliphatic heterocycles. The summed E-state index contributed by atoms with van der Waals surface area (Å²) in [5, 5.41) is 3.75. The molecule has 7 nitrogen and oxygen atoms in total. The molecule has 0 saturated carbocycles. The summed E-state index contributed by atoms with van der Waals surface area (Å²) in [7, 11) is 0. The van der Waals surface area contributed by atoms with Crippen molar-refractivity contribution < 1.29 is 14.3 Å². The van der Waals surface area contributed by atoms with Crippen molar-refractivity contribution in [1.29, 1.82) is 0 Å². The van der Waals surface area contributed by atoms with E-state index in [1.807, 2.05) is 48.5 Å². The van der Waals surface area contributed by atoms with Crippen molar-refractivity contribution in [3.63, 3.8) is 0 Å². The zero-order valence-corrected chi connectivity index (χ0v) is 18.4. The van der Waals surface area contributed by atoms with Crippen LogP contribution in [0.5, 0.6) is 0 Å². The predicted octanol–water partition coefficient (Wildman–Crippen LogP) is 4.93. The number of aliphatic imine (C=N–C) groups is 1. The summed E-state index contributed by atoms with van der Waals surface area (Å²) < 4.78 is 11.7. The van der Waals surface area contributed by atoms with Crippen molar-refractivity contribution in [3.05, 3.63) is 76.8 Å². The van der Waals surface area contributed by atoms with Crippen molar-refractivity contribution in [2.24, 2.45) is 4.99 Å². The Bertz CT molecular complexity index is 1210. The molecule has 0 amide bonds. The fourth-order valence-electron chi connectivity index (χ4n) is 3.25. The molecule has 1 N–H and O–H groups in total. The quantitative estimate of drug-likeness (QED) is 0.230. The van der Waals surface area contributed by atoms with Gasteiger partial charge in [-0.3, -0.25) is 4.79 Å². The van der Waals surface area contributed by atoms with Crippen LogP contribution in [0, 0.1) is 6.57 Å². The van der Waals surface area contributed by atoms with Gasteiger partial charge < -0.3 is 14.8 Å². The Hall–Kier alpha value is -3.54. The van der Waals surface area contributed by atoms with Gasteiger partial charge in [-0.1, -0.05) is 61.1 Å². The van der Waals surface area contributed by atoms with E-state index in [1.165, 1.54) is 11.3 Å². The second-order valence-corrected chi connectivity index (χ2v) is 8.04. The molecule has 0 saturated heterocycles. The molecule has 0 spiro atoms. The van der Waals surface area contributed by atoms with E-state index in [9.17, 15) is 4.79 Å². The van der Waals surface area contributed by atoms with Crippen molar-refractivity contribution in [2.45, 2.75) is 19.8 Å². The zero-order chi connectivity index (χ0) is 22.3. The van der Waals surface area contributed by atoms with E-state index in [4.69, 9.17) is 16.0 Å². The van der Waals surface area contributed by atoms with Crippen molar-refractivity contribution in [2.75, 3.05) is 19.8 Å². The van der Waals surface area contributed by atoms with Gasteiger partial charge >= 0.3 is 5.97 Å². The smallest absolute Gasteiger partial charge is 0.338 e. The normalized spacial score (nSPS) is 15.3. The fourth-order valence-corrected chi connectivity index (χ4v) is 4.10. The Kier molecular flexibility index (Phi) is 6.90. The van der Waals surface area contributed by atoms with Crippen LogP contribution in [-0.4, -0.2) is 36.6 Å². The number of nitrogens with one attached hydrogen (secondary N) is 1. The van der Waals surface area contributed by atoms with Gasteiger partial charge in [-0.05, 0) is 24.1 Å². The maximum Gasteiger partial charge on any atom is 0.338 e. The molecule has 162 valence electrons. The summed E-state index contributed by atoms with van der Waals surface area (Å²) in [6, 6.07) is 15.3. The van der Waals surface area contributed by atoms with Gasteiger partial charge in [0.1, 0.15) is 12.4 Å². The van der Waals surface area contributed by atoms with Gasteiger partial charge in [0.25, 0.3) is 5.70 Å². The Morgan fingerprint density at radius 1 is 1.12 bits per heavy atom. The van der Waals surface area contributed by atoms with Crippen LogP contribution >= 0.6 is 11.3 Å². The second kappa shape index (κ2) is 10.2. The maximum atomic E-state index is 12.6. The third-order valence-corrected chi connectivity index (χ3v) is 5.76. The molecule has 1 aliphatic rings. The number of carbonyl (C=O) groups excluding carboxylic acids is 1. The molecule has 3 aromatic rings. The standard InChI is InChI=1S/C24H22N4O3S/c1-3-4-13-30-14-15-31-23(29)21(25-2)20-16-9-5-6-10-17(16)22(27-20)28-24-26-18-11-7-8-12-19(18)32-24/h5-12H,3-4,13-15H2,1H3,(H,26,27,28)/b21-20+. The Morgan fingerprint density at radius 2 is 1.91 bits per heavy atom.